The summed E-state index contributed by atoms with van der Waals surface area (Å²) in [6.07, 6.45) is 0. The van der Waals surface area contributed by atoms with Crippen molar-refractivity contribution in [3.8, 4) is 0 Å². The van der Waals surface area contributed by atoms with Crippen LogP contribution in [-0.2, 0) is 0 Å². The van der Waals surface area contributed by atoms with E-state index in [9.17, 15) is 9.59 Å². The zero-order valence-corrected chi connectivity index (χ0v) is 13.5. The van der Waals surface area contributed by atoms with Gasteiger partial charge in [0.1, 0.15) is 0 Å². The van der Waals surface area contributed by atoms with Crippen molar-refractivity contribution in [3.63, 3.8) is 0 Å². The Morgan fingerprint density at radius 3 is 2.43 bits per heavy atom. The maximum atomic E-state index is 12.2. The first-order valence-electron chi connectivity index (χ1n) is 7.48. The average Bonchev–Trinajstić information content (AvgIpc) is 3.01. The Hall–Kier alpha value is -2.12. The van der Waals surface area contributed by atoms with Gasteiger partial charge in [-0.15, -0.1) is 5.10 Å². The molecule has 0 bridgehead atoms. The first-order valence-corrected chi connectivity index (χ1v) is 7.86. The molecule has 8 heteroatoms. The third-order valence-corrected chi connectivity index (χ3v) is 4.46. The van der Waals surface area contributed by atoms with Crippen LogP contribution in [0.5, 0.6) is 0 Å². The molecule has 1 unspecified atom stereocenters. The summed E-state index contributed by atoms with van der Waals surface area (Å²) in [4.78, 5) is 29.7. The van der Waals surface area contributed by atoms with Gasteiger partial charge < -0.3 is 4.90 Å². The molecule has 1 fully saturated rings. The minimum Gasteiger partial charge on any atom is -0.333 e. The maximum absolute atomic E-state index is 12.2. The molecule has 1 aromatic carbocycles. The fourth-order valence-corrected chi connectivity index (χ4v) is 2.91. The van der Waals surface area contributed by atoms with Crippen LogP contribution in [0.1, 0.15) is 29.1 Å². The molecule has 122 valence electrons. The minimum atomic E-state index is -0.469. The molecule has 1 amide bonds. The van der Waals surface area contributed by atoms with E-state index in [1.165, 1.54) is 5.56 Å². The molecule has 0 aliphatic carbocycles. The van der Waals surface area contributed by atoms with Crippen molar-refractivity contribution in [1.82, 2.24) is 25.0 Å². The maximum Gasteiger partial charge on any atom is 0.341 e. The number of benzene rings is 1. The number of H-pyrrole nitrogens is 2. The van der Waals surface area contributed by atoms with E-state index in [-0.39, 0.29) is 17.8 Å². The fourth-order valence-electron chi connectivity index (χ4n) is 2.79. The highest BCUT2D eigenvalue weighted by atomic mass is 35.5. The van der Waals surface area contributed by atoms with Crippen molar-refractivity contribution >= 4 is 17.5 Å². The molecule has 2 heterocycles. The lowest BCUT2D eigenvalue weighted by Crippen LogP contribution is -2.49. The number of nitrogens with one attached hydrogen (secondary N) is 2. The molecule has 0 saturated carbocycles. The van der Waals surface area contributed by atoms with E-state index in [2.05, 4.69) is 27.0 Å². The average molecular weight is 336 g/mol. The molecule has 1 aromatic heterocycles. The van der Waals surface area contributed by atoms with Gasteiger partial charge in [-0.25, -0.2) is 9.89 Å². The molecule has 0 radical (unpaired) electrons. The third kappa shape index (κ3) is 3.46. The van der Waals surface area contributed by atoms with Gasteiger partial charge in [0.15, 0.2) is 0 Å². The van der Waals surface area contributed by atoms with Gasteiger partial charge in [-0.3, -0.25) is 14.7 Å². The van der Waals surface area contributed by atoms with E-state index >= 15 is 0 Å². The molecule has 7 nitrogen and oxygen atoms in total. The smallest absolute Gasteiger partial charge is 0.333 e. The highest BCUT2D eigenvalue weighted by Crippen LogP contribution is 2.23. The normalized spacial score (nSPS) is 17.2. The van der Waals surface area contributed by atoms with Crippen molar-refractivity contribution in [3.05, 3.63) is 51.2 Å². The molecule has 3 rings (SSSR count). The van der Waals surface area contributed by atoms with Crippen LogP contribution in [0.2, 0.25) is 5.02 Å². The summed E-state index contributed by atoms with van der Waals surface area (Å²) in [6.45, 7) is 4.89. The molecule has 23 heavy (non-hydrogen) atoms. The second-order valence-corrected chi connectivity index (χ2v) is 6.02. The van der Waals surface area contributed by atoms with Crippen LogP contribution in [0, 0.1) is 0 Å². The van der Waals surface area contributed by atoms with Crippen molar-refractivity contribution in [1.29, 1.82) is 0 Å². The van der Waals surface area contributed by atoms with Gasteiger partial charge in [-0.2, -0.15) is 0 Å². The highest BCUT2D eigenvalue weighted by Gasteiger charge is 2.26. The predicted molar refractivity (Wildman–Crippen MR) is 86.6 cm³/mol. The largest absolute Gasteiger partial charge is 0.341 e. The molecular formula is C15H18ClN5O2. The van der Waals surface area contributed by atoms with Crippen molar-refractivity contribution in [2.24, 2.45) is 0 Å². The summed E-state index contributed by atoms with van der Waals surface area (Å²) >= 11 is 5.92. The minimum absolute atomic E-state index is 0.0641. The van der Waals surface area contributed by atoms with Crippen molar-refractivity contribution in [2.45, 2.75) is 13.0 Å². The first-order chi connectivity index (χ1) is 11.0. The van der Waals surface area contributed by atoms with Crippen LogP contribution in [0.25, 0.3) is 0 Å². The van der Waals surface area contributed by atoms with E-state index in [0.717, 1.165) is 18.1 Å². The Kier molecular flexibility index (Phi) is 4.49. The Balaban J connectivity index is 1.60. The van der Waals surface area contributed by atoms with E-state index in [0.29, 0.717) is 13.1 Å². The van der Waals surface area contributed by atoms with Gasteiger partial charge in [0, 0.05) is 37.2 Å². The lowest BCUT2D eigenvalue weighted by atomic mass is 10.1. The van der Waals surface area contributed by atoms with Crippen LogP contribution < -0.4 is 5.69 Å². The van der Waals surface area contributed by atoms with E-state index < -0.39 is 5.69 Å². The van der Waals surface area contributed by atoms with Crippen LogP contribution in [0.15, 0.2) is 29.1 Å². The number of aromatic amines is 2. The van der Waals surface area contributed by atoms with Gasteiger partial charge in [0.25, 0.3) is 5.91 Å². The molecule has 1 aliphatic rings. The van der Waals surface area contributed by atoms with Gasteiger partial charge in [-0.05, 0) is 24.6 Å². The molecule has 2 N–H and O–H groups in total. The number of aromatic nitrogens is 3. The van der Waals surface area contributed by atoms with Crippen LogP contribution in [0.4, 0.5) is 0 Å². The van der Waals surface area contributed by atoms with E-state index in [1.54, 1.807) is 4.90 Å². The quantitative estimate of drug-likeness (QED) is 0.884. The van der Waals surface area contributed by atoms with Crippen LogP contribution in [0.3, 0.4) is 0 Å². The van der Waals surface area contributed by atoms with Gasteiger partial charge in [0.05, 0.1) is 0 Å². The summed E-state index contributed by atoms with van der Waals surface area (Å²) in [5.41, 5.74) is 0.731. The topological polar surface area (TPSA) is 85.1 Å². The van der Waals surface area contributed by atoms with Crippen LogP contribution in [-0.4, -0.2) is 57.1 Å². The van der Waals surface area contributed by atoms with E-state index in [4.69, 9.17) is 11.6 Å². The number of hydrogen-bond acceptors (Lipinski definition) is 4. The number of piperazine rings is 1. The predicted octanol–water partition coefficient (Wildman–Crippen LogP) is 1.27. The zero-order valence-electron chi connectivity index (χ0n) is 12.8. The van der Waals surface area contributed by atoms with E-state index in [1.807, 2.05) is 24.3 Å². The number of hydrogen-bond donors (Lipinski definition) is 2. The Bertz CT molecular complexity index is 731. The SMILES string of the molecule is CC(c1ccc(Cl)cc1)N1CCN(C(=O)c2n[nH]c(=O)[nH]2)CC1. The van der Waals surface area contributed by atoms with Gasteiger partial charge in [0.2, 0.25) is 5.82 Å². The lowest BCUT2D eigenvalue weighted by molar-refractivity contribution is 0.0571. The zero-order chi connectivity index (χ0) is 16.4. The van der Waals surface area contributed by atoms with Crippen LogP contribution >= 0.6 is 11.6 Å². The molecule has 1 saturated heterocycles. The number of nitrogens with zero attached hydrogens (tertiary/aromatic N) is 3. The van der Waals surface area contributed by atoms with Gasteiger partial charge in [-0.1, -0.05) is 23.7 Å². The first kappa shape index (κ1) is 15.8. The molecular weight excluding hydrogens is 318 g/mol. The van der Waals surface area contributed by atoms with Crippen molar-refractivity contribution in [2.75, 3.05) is 26.2 Å². The molecule has 2 aromatic rings. The van der Waals surface area contributed by atoms with Crippen molar-refractivity contribution < 1.29 is 4.79 Å². The summed E-state index contributed by atoms with van der Waals surface area (Å²) in [7, 11) is 0. The second kappa shape index (κ2) is 6.55. The number of amides is 1. The summed E-state index contributed by atoms with van der Waals surface area (Å²) in [5.74, 6) is -0.184. The fraction of sp³-hybridized carbons (Fsp3) is 0.400. The lowest BCUT2D eigenvalue weighted by Gasteiger charge is -2.37. The summed E-state index contributed by atoms with van der Waals surface area (Å²) < 4.78 is 0. The molecule has 0 spiro atoms. The van der Waals surface area contributed by atoms with Gasteiger partial charge >= 0.3 is 5.69 Å². The third-order valence-electron chi connectivity index (χ3n) is 4.21. The number of carbonyl (C=O) groups excluding carboxylic acids is 1. The molecule has 1 atom stereocenters. The second-order valence-electron chi connectivity index (χ2n) is 5.58. The Morgan fingerprint density at radius 2 is 1.87 bits per heavy atom. The Labute approximate surface area is 138 Å². The monoisotopic (exact) mass is 335 g/mol. The number of halogens is 1. The number of rotatable bonds is 3. The standard InChI is InChI=1S/C15H18ClN5O2/c1-10(11-2-4-12(16)5-3-11)20-6-8-21(9-7-20)14(22)13-17-15(23)19-18-13/h2-5,10H,6-9H2,1H3,(H2,17,18,19,23). The number of carbonyl (C=O) groups is 1. The summed E-state index contributed by atoms with van der Waals surface area (Å²) in [5, 5.41) is 6.63. The summed E-state index contributed by atoms with van der Waals surface area (Å²) in [6, 6.07) is 8.09. The molecule has 1 aliphatic heterocycles. The Morgan fingerprint density at radius 1 is 1.22 bits per heavy atom. The highest BCUT2D eigenvalue weighted by molar-refractivity contribution is 6.30.